The third-order valence-corrected chi connectivity index (χ3v) is 10.4. The van der Waals surface area contributed by atoms with E-state index in [0.717, 1.165) is 44.2 Å². The fourth-order valence-corrected chi connectivity index (χ4v) is 8.72. The molecule has 3 saturated carbocycles. The summed E-state index contributed by atoms with van der Waals surface area (Å²) in [5.74, 6) is 1.77. The molecule has 0 bridgehead atoms. The summed E-state index contributed by atoms with van der Waals surface area (Å²) in [5.41, 5.74) is 1.60. The van der Waals surface area contributed by atoms with Crippen LogP contribution in [0, 0.1) is 34.5 Å². The molecule has 0 heterocycles. The lowest BCUT2D eigenvalue weighted by Gasteiger charge is -2.60. The smallest absolute Gasteiger partial charge is 0.303 e. The van der Waals surface area contributed by atoms with Crippen molar-refractivity contribution in [3.05, 3.63) is 11.6 Å². The Bertz CT molecular complexity index is 904. The molecule has 0 aromatic carbocycles. The van der Waals surface area contributed by atoms with Crippen LogP contribution in [0.2, 0.25) is 19.6 Å². The van der Waals surface area contributed by atoms with Gasteiger partial charge in [-0.25, -0.2) is 0 Å². The molecule has 0 aromatic heterocycles. The number of oxime groups is 1. The Balaban J connectivity index is 1.66. The molecule has 0 saturated heterocycles. The molecule has 33 heavy (non-hydrogen) atoms. The zero-order valence-corrected chi connectivity index (χ0v) is 22.9. The first-order valence-electron chi connectivity index (χ1n) is 12.9. The van der Waals surface area contributed by atoms with E-state index in [1.54, 1.807) is 12.5 Å². The standard InChI is InChI=1S/C27H43NO4Si/c1-17-15-21-22(25(4)12-9-20(16-24(17)25)28-32-33(6,7)8)10-13-26(5)23(21)11-14-27(26,18(2)29)31-19(3)30/h16-17,21-23H,9-15H2,1-8H3/b28-20+/t17?,21-,22+,23+,25-,26+,27+/m1/s1. The first-order chi connectivity index (χ1) is 15.2. The average Bonchev–Trinajstić information content (AvgIpc) is 2.99. The second-order valence-corrected chi connectivity index (χ2v) is 17.2. The maximum Gasteiger partial charge on any atom is 0.303 e. The van der Waals surface area contributed by atoms with E-state index in [4.69, 9.17) is 9.26 Å². The molecule has 0 radical (unpaired) electrons. The summed E-state index contributed by atoms with van der Waals surface area (Å²) in [4.78, 5) is 25.0. The molecule has 184 valence electrons. The second kappa shape index (κ2) is 8.06. The second-order valence-electron chi connectivity index (χ2n) is 12.8. The van der Waals surface area contributed by atoms with Crippen molar-refractivity contribution in [2.24, 2.45) is 39.7 Å². The van der Waals surface area contributed by atoms with Crippen LogP contribution in [-0.4, -0.2) is 31.4 Å². The molecule has 0 aliphatic heterocycles. The molecule has 5 nitrogen and oxygen atoms in total. The quantitative estimate of drug-likeness (QED) is 0.273. The van der Waals surface area contributed by atoms with Crippen molar-refractivity contribution in [3.63, 3.8) is 0 Å². The summed E-state index contributed by atoms with van der Waals surface area (Å²) in [6.45, 7) is 16.7. The van der Waals surface area contributed by atoms with Crippen molar-refractivity contribution in [2.45, 2.75) is 105 Å². The number of ether oxygens (including phenoxy) is 1. The van der Waals surface area contributed by atoms with Gasteiger partial charge in [0.15, 0.2) is 11.4 Å². The van der Waals surface area contributed by atoms with Crippen LogP contribution in [0.15, 0.2) is 16.8 Å². The Morgan fingerprint density at radius 2 is 1.73 bits per heavy atom. The van der Waals surface area contributed by atoms with E-state index in [0.29, 0.717) is 30.1 Å². The minimum Gasteiger partial charge on any atom is -0.455 e. The van der Waals surface area contributed by atoms with Crippen LogP contribution >= 0.6 is 0 Å². The highest BCUT2D eigenvalue weighted by atomic mass is 28.4. The predicted octanol–water partition coefficient (Wildman–Crippen LogP) is 6.29. The molecule has 0 N–H and O–H groups in total. The van der Waals surface area contributed by atoms with Crippen molar-refractivity contribution in [2.75, 3.05) is 0 Å². The number of ketones is 1. The Kier molecular flexibility index (Phi) is 6.03. The largest absolute Gasteiger partial charge is 0.455 e. The number of fused-ring (bicyclic) bond motifs is 5. The van der Waals surface area contributed by atoms with Crippen LogP contribution in [-0.2, 0) is 18.9 Å². The molecular weight excluding hydrogens is 430 g/mol. The highest BCUT2D eigenvalue weighted by Gasteiger charge is 2.68. The number of carbonyl (C=O) groups excluding carboxylic acids is 2. The third kappa shape index (κ3) is 3.84. The molecule has 3 fully saturated rings. The molecule has 0 spiro atoms. The lowest BCUT2D eigenvalue weighted by atomic mass is 9.44. The summed E-state index contributed by atoms with van der Waals surface area (Å²) in [6.07, 6.45) is 9.26. The number of hydrogen-bond donors (Lipinski definition) is 0. The molecule has 4 rings (SSSR count). The van der Waals surface area contributed by atoms with E-state index < -0.39 is 13.9 Å². The molecule has 1 unspecified atom stereocenters. The van der Waals surface area contributed by atoms with Gasteiger partial charge in [0, 0.05) is 12.3 Å². The maximum atomic E-state index is 12.9. The Morgan fingerprint density at radius 3 is 2.33 bits per heavy atom. The number of hydrogen-bond acceptors (Lipinski definition) is 5. The molecule has 0 amide bonds. The monoisotopic (exact) mass is 473 g/mol. The van der Waals surface area contributed by atoms with Gasteiger partial charge in [-0.2, -0.15) is 0 Å². The van der Waals surface area contributed by atoms with Gasteiger partial charge in [0.05, 0.1) is 5.71 Å². The number of allylic oxidation sites excluding steroid dienone is 2. The zero-order valence-electron chi connectivity index (χ0n) is 21.9. The number of esters is 1. The Morgan fingerprint density at radius 1 is 1.06 bits per heavy atom. The summed E-state index contributed by atoms with van der Waals surface area (Å²) in [7, 11) is -1.69. The lowest BCUT2D eigenvalue weighted by molar-refractivity contribution is -0.187. The highest BCUT2D eigenvalue weighted by Crippen LogP contribution is 2.69. The minimum atomic E-state index is -1.69. The van der Waals surface area contributed by atoms with E-state index >= 15 is 0 Å². The van der Waals surface area contributed by atoms with E-state index in [1.165, 1.54) is 6.92 Å². The van der Waals surface area contributed by atoms with E-state index in [2.05, 4.69) is 51.6 Å². The first-order valence-corrected chi connectivity index (χ1v) is 16.3. The van der Waals surface area contributed by atoms with Crippen LogP contribution in [0.25, 0.3) is 0 Å². The fraction of sp³-hybridized carbons (Fsp3) is 0.815. The number of Topliss-reactive ketones (excluding diaryl/α,β-unsaturated/α-hetero) is 1. The average molecular weight is 474 g/mol. The normalized spacial score (nSPS) is 43.8. The van der Waals surface area contributed by atoms with Crippen molar-refractivity contribution in [1.29, 1.82) is 0 Å². The summed E-state index contributed by atoms with van der Waals surface area (Å²) in [6, 6.07) is 0. The number of carbonyl (C=O) groups is 2. The van der Waals surface area contributed by atoms with Crippen LogP contribution in [0.4, 0.5) is 0 Å². The van der Waals surface area contributed by atoms with Crippen LogP contribution in [0.3, 0.4) is 0 Å². The van der Waals surface area contributed by atoms with Gasteiger partial charge in [0.1, 0.15) is 0 Å². The predicted molar refractivity (Wildman–Crippen MR) is 133 cm³/mol. The Hall–Kier alpha value is -1.43. The van der Waals surface area contributed by atoms with E-state index in [1.807, 2.05) is 0 Å². The summed E-state index contributed by atoms with van der Waals surface area (Å²) in [5, 5.41) is 4.56. The van der Waals surface area contributed by atoms with E-state index in [-0.39, 0.29) is 22.6 Å². The molecular formula is C27H43NO4Si. The van der Waals surface area contributed by atoms with Gasteiger partial charge in [0.25, 0.3) is 8.32 Å². The first kappa shape index (κ1) is 24.7. The lowest BCUT2D eigenvalue weighted by Crippen LogP contribution is -2.59. The number of nitrogens with zero attached hydrogens (tertiary/aromatic N) is 1. The number of rotatable bonds is 4. The van der Waals surface area contributed by atoms with Gasteiger partial charge >= 0.3 is 5.97 Å². The molecule has 4 aliphatic carbocycles. The SMILES string of the molecule is CC(=O)O[C@]1(C(C)=O)CC[C@H]2[C@@H]3CC(C)C4=C/C(=N/O[Si](C)(C)C)CC[C@]4(C)[C@H]3CC[C@@]21C. The van der Waals surface area contributed by atoms with Crippen LogP contribution < -0.4 is 0 Å². The van der Waals surface area contributed by atoms with Crippen molar-refractivity contribution < 1.29 is 18.9 Å². The summed E-state index contributed by atoms with van der Waals surface area (Å²) >= 11 is 0. The summed E-state index contributed by atoms with van der Waals surface area (Å²) < 4.78 is 11.8. The Labute approximate surface area is 200 Å². The van der Waals surface area contributed by atoms with E-state index in [9.17, 15) is 9.59 Å². The van der Waals surface area contributed by atoms with Gasteiger partial charge in [-0.05, 0) is 107 Å². The molecule has 7 atom stereocenters. The fourth-order valence-electron chi connectivity index (χ4n) is 8.32. The van der Waals surface area contributed by atoms with Gasteiger partial charge < -0.3 is 9.26 Å². The van der Waals surface area contributed by atoms with Gasteiger partial charge in [0.2, 0.25) is 0 Å². The molecule has 4 aliphatic rings. The van der Waals surface area contributed by atoms with Crippen molar-refractivity contribution in [1.82, 2.24) is 0 Å². The zero-order chi connectivity index (χ0) is 24.4. The topological polar surface area (TPSA) is 65.0 Å². The van der Waals surface area contributed by atoms with Gasteiger partial charge in [-0.1, -0.05) is 26.3 Å². The van der Waals surface area contributed by atoms with Crippen molar-refractivity contribution >= 4 is 25.8 Å². The van der Waals surface area contributed by atoms with Gasteiger partial charge in [-0.3, -0.25) is 9.59 Å². The minimum absolute atomic E-state index is 0.0257. The van der Waals surface area contributed by atoms with Crippen LogP contribution in [0.5, 0.6) is 0 Å². The maximum absolute atomic E-state index is 12.9. The third-order valence-electron chi connectivity index (χ3n) is 9.74. The van der Waals surface area contributed by atoms with Gasteiger partial charge in [-0.15, -0.1) is 5.16 Å². The molecule has 6 heteroatoms. The van der Waals surface area contributed by atoms with Crippen LogP contribution in [0.1, 0.15) is 79.6 Å². The highest BCUT2D eigenvalue weighted by molar-refractivity contribution is 6.69. The van der Waals surface area contributed by atoms with Crippen molar-refractivity contribution in [3.8, 4) is 0 Å². The molecule has 0 aromatic rings.